The molecule has 13 nitrogen and oxygen atoms in total. The first-order valence-corrected chi connectivity index (χ1v) is 13.3. The molecule has 1 aliphatic rings. The number of carbonyl (C=O) groups is 3. The van der Waals surface area contributed by atoms with E-state index in [1.807, 2.05) is 0 Å². The van der Waals surface area contributed by atoms with Crippen molar-refractivity contribution < 1.29 is 39.2 Å². The van der Waals surface area contributed by atoms with Crippen molar-refractivity contribution in [2.75, 3.05) is 13.2 Å². The summed E-state index contributed by atoms with van der Waals surface area (Å²) in [5, 5.41) is 44.7. The van der Waals surface area contributed by atoms with E-state index in [9.17, 15) is 29.7 Å². The highest BCUT2D eigenvalue weighted by Crippen LogP contribution is 2.25. The first-order valence-electron chi connectivity index (χ1n) is 13.3. The number of aliphatic hydroxyl groups is 2. The van der Waals surface area contributed by atoms with Crippen LogP contribution < -0.4 is 21.7 Å². The molecule has 1 aliphatic heterocycles. The Hall–Kier alpha value is -3.06. The average Bonchev–Trinajstić information content (AvgIpc) is 2.85. The van der Waals surface area contributed by atoms with Crippen molar-refractivity contribution in [3.63, 3.8) is 0 Å². The van der Waals surface area contributed by atoms with E-state index in [2.05, 4.69) is 22.9 Å². The van der Waals surface area contributed by atoms with Gasteiger partial charge in [0.05, 0.1) is 18.7 Å². The highest BCUT2D eigenvalue weighted by Gasteiger charge is 2.46. The van der Waals surface area contributed by atoms with E-state index in [0.717, 1.165) is 31.8 Å². The summed E-state index contributed by atoms with van der Waals surface area (Å²) < 4.78 is 10.8. The van der Waals surface area contributed by atoms with E-state index < -0.39 is 66.7 Å². The molecule has 0 aromatic rings. The minimum Gasteiger partial charge on any atom is -0.477 e. The van der Waals surface area contributed by atoms with Gasteiger partial charge in [0.15, 0.2) is 18.2 Å². The molecule has 13 heteroatoms. The number of unbranched alkanes of at least 4 members (excludes halogenated alkanes) is 9. The van der Waals surface area contributed by atoms with Gasteiger partial charge in [-0.05, 0) is 12.5 Å². The normalized spacial score (nSPS) is 20.3. The topological polar surface area (TPSA) is 216 Å². The number of carboxylic acid groups (broad SMARTS) is 1. The average molecular weight is 544 g/mol. The highest BCUT2D eigenvalue weighted by molar-refractivity contribution is 5.85. The Morgan fingerprint density at radius 2 is 1.66 bits per heavy atom. The van der Waals surface area contributed by atoms with Crippen molar-refractivity contribution in [3.8, 4) is 0 Å². The van der Waals surface area contributed by atoms with E-state index in [0.29, 0.717) is 6.54 Å². The number of aliphatic hydroxyl groups excluding tert-OH is 2. The second-order valence-corrected chi connectivity index (χ2v) is 9.46. The number of nitrogens with one attached hydrogen (secondary N) is 4. The molecule has 9 N–H and O–H groups in total. The summed E-state index contributed by atoms with van der Waals surface area (Å²) in [6.07, 6.45) is 6.90. The Balaban J connectivity index is 2.75. The molecule has 0 spiro atoms. The van der Waals surface area contributed by atoms with Gasteiger partial charge in [0, 0.05) is 13.5 Å². The zero-order chi connectivity index (χ0) is 28.5. The van der Waals surface area contributed by atoms with E-state index in [-0.39, 0.29) is 0 Å². The van der Waals surface area contributed by atoms with Gasteiger partial charge in [-0.3, -0.25) is 10.2 Å². The van der Waals surface area contributed by atoms with Crippen LogP contribution in [0.5, 0.6) is 0 Å². The minimum atomic E-state index is -1.66. The Kier molecular flexibility index (Phi) is 15.8. The molecule has 0 bridgehead atoms. The first-order chi connectivity index (χ1) is 18.1. The highest BCUT2D eigenvalue weighted by atomic mass is 16.6. The molecule has 38 heavy (non-hydrogen) atoms. The molecule has 1 rings (SSSR count). The number of rotatable bonds is 18. The number of amides is 2. The molecular weight excluding hydrogens is 498 g/mol. The summed E-state index contributed by atoms with van der Waals surface area (Å²) in [4.78, 5) is 36.0. The van der Waals surface area contributed by atoms with E-state index in [1.165, 1.54) is 45.4 Å². The van der Waals surface area contributed by atoms with E-state index in [4.69, 9.17) is 20.6 Å². The van der Waals surface area contributed by atoms with E-state index >= 15 is 0 Å². The largest absolute Gasteiger partial charge is 0.477 e. The van der Waals surface area contributed by atoms with Gasteiger partial charge in [-0.15, -0.1) is 0 Å². The molecule has 0 aliphatic carbocycles. The van der Waals surface area contributed by atoms with Crippen LogP contribution >= 0.6 is 0 Å². The number of aliphatic carboxylic acids is 1. The van der Waals surface area contributed by atoms with Crippen molar-refractivity contribution in [2.45, 2.75) is 108 Å². The molecular formula is C25H45N5O8. The number of carboxylic acids is 1. The predicted octanol–water partition coefficient (Wildman–Crippen LogP) is 1.08. The van der Waals surface area contributed by atoms with Crippen molar-refractivity contribution >= 4 is 23.9 Å². The molecule has 1 heterocycles. The minimum absolute atomic E-state index is 0.326. The maximum Gasteiger partial charge on any atom is 0.407 e. The maximum atomic E-state index is 12.5. The molecule has 0 unspecified atom stereocenters. The number of hydrogen-bond donors (Lipinski definition) is 8. The van der Waals surface area contributed by atoms with Crippen molar-refractivity contribution in [1.29, 1.82) is 5.41 Å². The van der Waals surface area contributed by atoms with Crippen LogP contribution in [0.1, 0.15) is 78.1 Å². The van der Waals surface area contributed by atoms with Gasteiger partial charge in [0.1, 0.15) is 6.10 Å². The van der Waals surface area contributed by atoms with Crippen LogP contribution in [0.4, 0.5) is 4.79 Å². The molecule has 0 fully saturated rings. The predicted molar refractivity (Wildman–Crippen MR) is 140 cm³/mol. The lowest BCUT2D eigenvalue weighted by molar-refractivity contribution is -0.146. The van der Waals surface area contributed by atoms with Crippen LogP contribution in [0.3, 0.4) is 0 Å². The van der Waals surface area contributed by atoms with Crippen LogP contribution in [-0.2, 0) is 19.1 Å². The quantitative estimate of drug-likeness (QED) is 0.0699. The fourth-order valence-corrected chi connectivity index (χ4v) is 4.28. The Bertz CT molecular complexity index is 794. The second kappa shape index (κ2) is 18.2. The van der Waals surface area contributed by atoms with Gasteiger partial charge in [0.25, 0.3) is 0 Å². The standard InChI is InChI=1S/C25H45N5O8/c1-3-4-5-6-7-8-9-10-11-12-13-28-25(36)38-21(18(33)15-31)22-20(29-16(2)32)17(30-24(26)27)14-19(37-22)23(34)35/h14,17-18,20-22,31,33H,3-13,15H2,1-2H3,(H,28,36)(H,29,32)(H,34,35)(H4,26,27,30)/t17-,18+,20+,21+,22+/m0/s1. The summed E-state index contributed by atoms with van der Waals surface area (Å²) >= 11 is 0. The molecule has 218 valence electrons. The first kappa shape index (κ1) is 33.0. The van der Waals surface area contributed by atoms with Gasteiger partial charge in [-0.25, -0.2) is 9.59 Å². The van der Waals surface area contributed by atoms with Crippen LogP contribution in [0, 0.1) is 5.41 Å². The van der Waals surface area contributed by atoms with Crippen LogP contribution in [0.25, 0.3) is 0 Å². The number of nitrogens with two attached hydrogens (primary N) is 1. The smallest absolute Gasteiger partial charge is 0.407 e. The molecule has 0 saturated carbocycles. The van der Waals surface area contributed by atoms with Crippen molar-refractivity contribution in [1.82, 2.24) is 16.0 Å². The lowest BCUT2D eigenvalue weighted by Crippen LogP contribution is -2.65. The van der Waals surface area contributed by atoms with Gasteiger partial charge in [0.2, 0.25) is 11.7 Å². The second-order valence-electron chi connectivity index (χ2n) is 9.46. The molecule has 0 aromatic carbocycles. The summed E-state index contributed by atoms with van der Waals surface area (Å²) in [5.74, 6) is -3.08. The van der Waals surface area contributed by atoms with Crippen molar-refractivity contribution in [2.24, 2.45) is 5.73 Å². The third-order valence-electron chi connectivity index (χ3n) is 6.17. The third-order valence-corrected chi connectivity index (χ3v) is 6.17. The zero-order valence-electron chi connectivity index (χ0n) is 22.4. The van der Waals surface area contributed by atoms with E-state index in [1.54, 1.807) is 0 Å². The van der Waals surface area contributed by atoms with Crippen molar-refractivity contribution in [3.05, 3.63) is 11.8 Å². The molecule has 0 saturated heterocycles. The SMILES string of the molecule is CCCCCCCCCCCCNC(=O)O[C@@H]([C@@H]1OC(C(=O)O)=C[C@H](NC(=N)N)[C@H]1NC(C)=O)[C@H](O)CO. The van der Waals surface area contributed by atoms with Gasteiger partial charge < -0.3 is 46.5 Å². The van der Waals surface area contributed by atoms with Gasteiger partial charge in [-0.2, -0.15) is 0 Å². The molecule has 2 amide bonds. The zero-order valence-corrected chi connectivity index (χ0v) is 22.4. The van der Waals surface area contributed by atoms with Crippen LogP contribution in [-0.4, -0.2) is 82.8 Å². The van der Waals surface area contributed by atoms with Crippen LogP contribution in [0.2, 0.25) is 0 Å². The Labute approximate surface area is 224 Å². The summed E-state index contributed by atoms with van der Waals surface area (Å²) in [5.41, 5.74) is 5.41. The number of guanidine groups is 1. The fraction of sp³-hybridized carbons (Fsp3) is 0.760. The number of hydrogen-bond acceptors (Lipinski definition) is 8. The summed E-state index contributed by atoms with van der Waals surface area (Å²) in [7, 11) is 0. The molecule has 0 aromatic heterocycles. The lowest BCUT2D eigenvalue weighted by Gasteiger charge is -2.41. The summed E-state index contributed by atoms with van der Waals surface area (Å²) in [6.45, 7) is 2.89. The molecule has 5 atom stereocenters. The van der Waals surface area contributed by atoms with Gasteiger partial charge >= 0.3 is 12.1 Å². The maximum absolute atomic E-state index is 12.5. The van der Waals surface area contributed by atoms with Crippen LogP contribution in [0.15, 0.2) is 11.8 Å². The van der Waals surface area contributed by atoms with Gasteiger partial charge in [-0.1, -0.05) is 64.7 Å². The number of carbonyl (C=O) groups excluding carboxylic acids is 2. The Morgan fingerprint density at radius 1 is 1.08 bits per heavy atom. The molecule has 0 radical (unpaired) electrons. The number of alkyl carbamates (subject to hydrolysis) is 1. The Morgan fingerprint density at radius 3 is 2.16 bits per heavy atom. The summed E-state index contributed by atoms with van der Waals surface area (Å²) in [6, 6.07) is -2.16. The third kappa shape index (κ3) is 12.5. The monoisotopic (exact) mass is 543 g/mol. The fourth-order valence-electron chi connectivity index (χ4n) is 4.28. The number of ether oxygens (including phenoxy) is 2. The lowest BCUT2D eigenvalue weighted by atomic mass is 9.92.